The zero-order valence-corrected chi connectivity index (χ0v) is 16.3. The van der Waals surface area contributed by atoms with Crippen LogP contribution in [-0.2, 0) is 34.2 Å². The van der Waals surface area contributed by atoms with Gasteiger partial charge in [0.1, 0.15) is 5.75 Å². The number of ether oxygens (including phenoxy) is 1. The Kier molecular flexibility index (Phi) is 5.59. The van der Waals surface area contributed by atoms with Crippen LogP contribution in [0, 0.1) is 0 Å². The zero-order valence-electron chi connectivity index (χ0n) is 14.7. The maximum atomic E-state index is 12.2. The van der Waals surface area contributed by atoms with Crippen molar-refractivity contribution in [1.29, 1.82) is 0 Å². The Bertz CT molecular complexity index is 891. The van der Waals surface area contributed by atoms with Crippen molar-refractivity contribution in [3.05, 3.63) is 40.4 Å². The van der Waals surface area contributed by atoms with Gasteiger partial charge in [-0.15, -0.1) is 11.3 Å². The summed E-state index contributed by atoms with van der Waals surface area (Å²) in [5.41, 5.74) is 1.75. The molecular formula is C17H21N3O4S2. The highest BCUT2D eigenvalue weighted by Gasteiger charge is 2.26. The van der Waals surface area contributed by atoms with Gasteiger partial charge in [0.2, 0.25) is 15.9 Å². The first-order valence-corrected chi connectivity index (χ1v) is 11.0. The number of fused-ring (bicyclic) bond motifs is 1. The number of carbonyl (C=O) groups is 1. The maximum absolute atomic E-state index is 12.2. The van der Waals surface area contributed by atoms with E-state index in [2.05, 4.69) is 10.3 Å². The number of hydrogen-bond donors (Lipinski definition) is 1. The third-order valence-electron chi connectivity index (χ3n) is 4.01. The van der Waals surface area contributed by atoms with E-state index in [4.69, 9.17) is 4.74 Å². The fourth-order valence-corrected chi connectivity index (χ4v) is 4.64. The van der Waals surface area contributed by atoms with E-state index >= 15 is 0 Å². The Balaban J connectivity index is 1.61. The summed E-state index contributed by atoms with van der Waals surface area (Å²) in [5, 5.41) is 3.33. The number of benzene rings is 1. The molecule has 26 heavy (non-hydrogen) atoms. The van der Waals surface area contributed by atoms with Crippen molar-refractivity contribution in [1.82, 2.24) is 9.29 Å². The normalized spacial score (nSPS) is 14.7. The number of nitrogens with zero attached hydrogens (tertiary/aromatic N) is 2. The van der Waals surface area contributed by atoms with Crippen molar-refractivity contribution in [2.24, 2.45) is 0 Å². The molecule has 0 fully saturated rings. The third kappa shape index (κ3) is 4.60. The molecule has 0 saturated carbocycles. The van der Waals surface area contributed by atoms with E-state index in [9.17, 15) is 13.2 Å². The van der Waals surface area contributed by atoms with Crippen LogP contribution in [0.2, 0.25) is 0 Å². The largest absolute Gasteiger partial charge is 0.494 e. The predicted octanol–water partition coefficient (Wildman–Crippen LogP) is 2.04. The van der Waals surface area contributed by atoms with Crippen LogP contribution in [0.25, 0.3) is 0 Å². The molecule has 0 bridgehead atoms. The van der Waals surface area contributed by atoms with Crippen LogP contribution >= 0.6 is 11.3 Å². The Morgan fingerprint density at radius 1 is 1.35 bits per heavy atom. The molecule has 2 aromatic rings. The first-order chi connectivity index (χ1) is 12.3. The molecule has 0 radical (unpaired) electrons. The van der Waals surface area contributed by atoms with Crippen LogP contribution in [-0.4, -0.2) is 43.0 Å². The van der Waals surface area contributed by atoms with Gasteiger partial charge >= 0.3 is 0 Å². The molecular weight excluding hydrogens is 374 g/mol. The molecule has 0 aliphatic carbocycles. The first-order valence-electron chi connectivity index (χ1n) is 8.30. The highest BCUT2D eigenvalue weighted by atomic mass is 32.2. The highest BCUT2D eigenvalue weighted by molar-refractivity contribution is 7.88. The fourth-order valence-electron chi connectivity index (χ4n) is 2.73. The third-order valence-corrected chi connectivity index (χ3v) is 6.26. The van der Waals surface area contributed by atoms with Crippen molar-refractivity contribution < 1.29 is 17.9 Å². The minimum Gasteiger partial charge on any atom is -0.494 e. The van der Waals surface area contributed by atoms with Crippen LogP contribution in [0.5, 0.6) is 5.75 Å². The smallest absolute Gasteiger partial charge is 0.230 e. The number of hydrogen-bond acceptors (Lipinski definition) is 6. The number of rotatable bonds is 6. The van der Waals surface area contributed by atoms with Gasteiger partial charge in [0.05, 0.1) is 25.0 Å². The lowest BCUT2D eigenvalue weighted by Gasteiger charge is -2.23. The fraction of sp³-hybridized carbons (Fsp3) is 0.412. The lowest BCUT2D eigenvalue weighted by Crippen LogP contribution is -2.34. The SMILES string of the molecule is CCOc1ccc(CC(=O)Nc2nc3c(s2)CN(S(C)(=O)=O)CC3)cc1. The van der Waals surface area contributed by atoms with Crippen LogP contribution in [0.4, 0.5) is 5.13 Å². The van der Waals surface area contributed by atoms with Crippen molar-refractivity contribution in [2.75, 3.05) is 24.7 Å². The Morgan fingerprint density at radius 2 is 2.08 bits per heavy atom. The van der Waals surface area contributed by atoms with E-state index in [1.165, 1.54) is 21.9 Å². The van der Waals surface area contributed by atoms with E-state index < -0.39 is 10.0 Å². The molecule has 7 nitrogen and oxygen atoms in total. The summed E-state index contributed by atoms with van der Waals surface area (Å²) in [7, 11) is -3.22. The summed E-state index contributed by atoms with van der Waals surface area (Å²) < 4.78 is 30.2. The van der Waals surface area contributed by atoms with Gasteiger partial charge in [-0.25, -0.2) is 13.4 Å². The lowest BCUT2D eigenvalue weighted by atomic mass is 10.1. The zero-order chi connectivity index (χ0) is 18.7. The molecule has 0 unspecified atom stereocenters. The van der Waals surface area contributed by atoms with Crippen LogP contribution in [0.1, 0.15) is 23.1 Å². The van der Waals surface area contributed by atoms with Crippen molar-refractivity contribution in [3.8, 4) is 5.75 Å². The standard InChI is InChI=1S/C17H21N3O4S2/c1-3-24-13-6-4-12(5-7-13)10-16(21)19-17-18-14-8-9-20(26(2,22)23)11-15(14)25-17/h4-7H,3,8-11H2,1-2H3,(H,18,19,21). The number of sulfonamides is 1. The van der Waals surface area contributed by atoms with Crippen LogP contribution in [0.15, 0.2) is 24.3 Å². The van der Waals surface area contributed by atoms with Gasteiger partial charge in [0, 0.05) is 24.4 Å². The number of thiazole rings is 1. The van der Waals surface area contributed by atoms with Crippen LogP contribution in [0.3, 0.4) is 0 Å². The monoisotopic (exact) mass is 395 g/mol. The minimum absolute atomic E-state index is 0.153. The Morgan fingerprint density at radius 3 is 2.73 bits per heavy atom. The molecule has 0 spiro atoms. The summed E-state index contributed by atoms with van der Waals surface area (Å²) >= 11 is 1.33. The predicted molar refractivity (Wildman–Crippen MR) is 101 cm³/mol. The van der Waals surface area contributed by atoms with Crippen LogP contribution < -0.4 is 10.1 Å². The van der Waals surface area contributed by atoms with Gasteiger partial charge in [0.15, 0.2) is 5.13 Å². The molecule has 140 valence electrons. The van der Waals surface area contributed by atoms with Gasteiger partial charge in [-0.05, 0) is 24.6 Å². The Hall–Kier alpha value is -1.97. The second kappa shape index (κ2) is 7.73. The molecule has 1 aromatic carbocycles. The van der Waals surface area contributed by atoms with Crippen molar-refractivity contribution in [2.45, 2.75) is 26.3 Å². The number of carbonyl (C=O) groups excluding carboxylic acids is 1. The number of anilines is 1. The lowest BCUT2D eigenvalue weighted by molar-refractivity contribution is -0.115. The molecule has 3 rings (SSSR count). The Labute approximate surface area is 157 Å². The van der Waals surface area contributed by atoms with Gasteiger partial charge in [0.25, 0.3) is 0 Å². The van der Waals surface area contributed by atoms with E-state index in [1.807, 2.05) is 31.2 Å². The average Bonchev–Trinajstić information content (AvgIpc) is 2.97. The molecule has 1 N–H and O–H groups in total. The molecule has 1 aromatic heterocycles. The summed E-state index contributed by atoms with van der Waals surface area (Å²) in [6.45, 7) is 3.27. The van der Waals surface area contributed by atoms with Gasteiger partial charge < -0.3 is 10.1 Å². The molecule has 9 heteroatoms. The second-order valence-corrected chi connectivity index (χ2v) is 9.10. The summed E-state index contributed by atoms with van der Waals surface area (Å²) in [6.07, 6.45) is 2.01. The van der Waals surface area contributed by atoms with Gasteiger partial charge in [-0.1, -0.05) is 12.1 Å². The molecule has 1 amide bonds. The quantitative estimate of drug-likeness (QED) is 0.809. The minimum atomic E-state index is -3.22. The molecule has 0 atom stereocenters. The van der Waals surface area contributed by atoms with E-state index in [0.717, 1.165) is 21.9 Å². The number of aromatic nitrogens is 1. The van der Waals surface area contributed by atoms with E-state index in [-0.39, 0.29) is 12.3 Å². The van der Waals surface area contributed by atoms with Crippen molar-refractivity contribution in [3.63, 3.8) is 0 Å². The number of amides is 1. The average molecular weight is 396 g/mol. The van der Waals surface area contributed by atoms with E-state index in [0.29, 0.717) is 31.2 Å². The van der Waals surface area contributed by atoms with Gasteiger partial charge in [-0.3, -0.25) is 4.79 Å². The maximum Gasteiger partial charge on any atom is 0.230 e. The highest BCUT2D eigenvalue weighted by Crippen LogP contribution is 2.29. The molecule has 1 aliphatic rings. The molecule has 0 saturated heterocycles. The van der Waals surface area contributed by atoms with Crippen molar-refractivity contribution >= 4 is 32.4 Å². The molecule has 1 aliphatic heterocycles. The summed E-state index contributed by atoms with van der Waals surface area (Å²) in [6, 6.07) is 7.41. The van der Waals surface area contributed by atoms with E-state index in [1.54, 1.807) is 0 Å². The van der Waals surface area contributed by atoms with Gasteiger partial charge in [-0.2, -0.15) is 4.31 Å². The number of nitrogens with one attached hydrogen (secondary N) is 1. The molecule has 2 heterocycles. The first kappa shape index (κ1) is 18.8. The summed E-state index contributed by atoms with van der Waals surface area (Å²) in [5.74, 6) is 0.625. The topological polar surface area (TPSA) is 88.6 Å². The second-order valence-electron chi connectivity index (χ2n) is 6.04. The summed E-state index contributed by atoms with van der Waals surface area (Å²) in [4.78, 5) is 17.6.